The van der Waals surface area contributed by atoms with E-state index in [0.717, 1.165) is 36.3 Å². The van der Waals surface area contributed by atoms with E-state index in [1.807, 2.05) is 0 Å². The largest absolute Gasteiger partial charge is 0.354 e. The summed E-state index contributed by atoms with van der Waals surface area (Å²) in [5.41, 5.74) is 0. The van der Waals surface area contributed by atoms with Crippen LogP contribution >= 0.6 is 11.8 Å². The van der Waals surface area contributed by atoms with Gasteiger partial charge in [-0.25, -0.2) is 4.39 Å². The number of carbonyl (C=O) groups excluding carboxylic acids is 2. The first-order chi connectivity index (χ1) is 11.1. The Kier molecular flexibility index (Phi) is 6.89. The van der Waals surface area contributed by atoms with E-state index in [1.165, 1.54) is 19.1 Å². The second-order valence-corrected chi connectivity index (χ2v) is 6.84. The molecule has 0 aliphatic carbocycles. The van der Waals surface area contributed by atoms with E-state index in [9.17, 15) is 14.0 Å². The second-order valence-electron chi connectivity index (χ2n) is 5.67. The number of nitrogens with one attached hydrogen (secondary N) is 1. The zero-order chi connectivity index (χ0) is 16.7. The molecule has 1 aliphatic rings. The van der Waals surface area contributed by atoms with E-state index in [0.29, 0.717) is 13.1 Å². The van der Waals surface area contributed by atoms with Crippen LogP contribution in [0.2, 0.25) is 0 Å². The number of piperidine rings is 1. The van der Waals surface area contributed by atoms with E-state index in [2.05, 4.69) is 5.32 Å². The van der Waals surface area contributed by atoms with Gasteiger partial charge in [0.25, 0.3) is 0 Å². The molecule has 0 aromatic heterocycles. The monoisotopic (exact) mass is 338 g/mol. The summed E-state index contributed by atoms with van der Waals surface area (Å²) in [6.45, 7) is 2.79. The lowest BCUT2D eigenvalue weighted by Gasteiger charge is -2.33. The van der Waals surface area contributed by atoms with E-state index < -0.39 is 0 Å². The molecule has 2 rings (SSSR count). The van der Waals surface area contributed by atoms with Crippen LogP contribution in [0.1, 0.15) is 32.6 Å². The Hall–Kier alpha value is -1.56. The SMILES string of the molecule is CC(=O)N1CCCC[C@H]1C(=O)NCCCSc1ccc(F)cc1. The van der Waals surface area contributed by atoms with Crippen LogP contribution in [0.15, 0.2) is 29.2 Å². The fourth-order valence-electron chi connectivity index (χ4n) is 2.70. The fraction of sp³-hybridized carbons (Fsp3) is 0.529. The summed E-state index contributed by atoms with van der Waals surface area (Å²) in [6, 6.07) is 6.09. The summed E-state index contributed by atoms with van der Waals surface area (Å²) in [6.07, 6.45) is 3.54. The molecule has 0 spiro atoms. The molecular formula is C17H23FN2O2S. The Labute approximate surface area is 140 Å². The molecule has 0 unspecified atom stereocenters. The standard InChI is InChI=1S/C17H23FN2O2S/c1-13(21)20-11-3-2-5-16(20)17(22)19-10-4-12-23-15-8-6-14(18)7-9-15/h6-9,16H,2-5,10-12H2,1H3,(H,19,22)/t16-/m0/s1. The Bertz CT molecular complexity index is 536. The van der Waals surface area contributed by atoms with Crippen LogP contribution in [0.3, 0.4) is 0 Å². The maximum absolute atomic E-state index is 12.8. The lowest BCUT2D eigenvalue weighted by molar-refractivity contribution is -0.140. The van der Waals surface area contributed by atoms with Crippen molar-refractivity contribution in [2.75, 3.05) is 18.8 Å². The van der Waals surface area contributed by atoms with E-state index in [1.54, 1.807) is 28.8 Å². The molecule has 0 radical (unpaired) electrons. The average molecular weight is 338 g/mol. The zero-order valence-corrected chi connectivity index (χ0v) is 14.2. The van der Waals surface area contributed by atoms with Crippen molar-refractivity contribution in [3.05, 3.63) is 30.1 Å². The van der Waals surface area contributed by atoms with Crippen molar-refractivity contribution in [2.45, 2.75) is 43.5 Å². The van der Waals surface area contributed by atoms with Gasteiger partial charge in [0, 0.05) is 24.9 Å². The molecule has 1 fully saturated rings. The summed E-state index contributed by atoms with van der Waals surface area (Å²) in [5.74, 6) is 0.542. The summed E-state index contributed by atoms with van der Waals surface area (Å²) in [4.78, 5) is 26.5. The van der Waals surface area contributed by atoms with Crippen molar-refractivity contribution >= 4 is 23.6 Å². The van der Waals surface area contributed by atoms with Crippen LogP contribution in [0, 0.1) is 5.82 Å². The first-order valence-corrected chi connectivity index (χ1v) is 9.00. The first kappa shape index (κ1) is 17.8. The van der Waals surface area contributed by atoms with Gasteiger partial charge in [0.1, 0.15) is 11.9 Å². The summed E-state index contributed by atoms with van der Waals surface area (Å²) >= 11 is 1.64. The molecule has 126 valence electrons. The number of amides is 2. The molecular weight excluding hydrogens is 315 g/mol. The van der Waals surface area contributed by atoms with Gasteiger partial charge in [0.2, 0.25) is 11.8 Å². The van der Waals surface area contributed by atoms with Gasteiger partial charge in [0.05, 0.1) is 0 Å². The minimum absolute atomic E-state index is 0.0308. The van der Waals surface area contributed by atoms with Crippen molar-refractivity contribution in [1.82, 2.24) is 10.2 Å². The van der Waals surface area contributed by atoms with Gasteiger partial charge in [0.15, 0.2) is 0 Å². The van der Waals surface area contributed by atoms with Gasteiger partial charge in [-0.05, 0) is 55.7 Å². The predicted octanol–water partition coefficient (Wildman–Crippen LogP) is 2.83. The molecule has 0 saturated carbocycles. The Morgan fingerprint density at radius 2 is 2.04 bits per heavy atom. The zero-order valence-electron chi connectivity index (χ0n) is 13.4. The van der Waals surface area contributed by atoms with Gasteiger partial charge in [-0.2, -0.15) is 0 Å². The number of thioether (sulfide) groups is 1. The third kappa shape index (κ3) is 5.53. The topological polar surface area (TPSA) is 49.4 Å². The molecule has 1 heterocycles. The van der Waals surface area contributed by atoms with Gasteiger partial charge < -0.3 is 10.2 Å². The normalized spacial score (nSPS) is 17.8. The maximum atomic E-state index is 12.8. The third-order valence-corrected chi connectivity index (χ3v) is 5.01. The second kappa shape index (κ2) is 8.91. The number of rotatable bonds is 6. The quantitative estimate of drug-likeness (QED) is 0.641. The maximum Gasteiger partial charge on any atom is 0.242 e. The highest BCUT2D eigenvalue weighted by atomic mass is 32.2. The first-order valence-electron chi connectivity index (χ1n) is 8.01. The number of halogens is 1. The molecule has 1 N–H and O–H groups in total. The predicted molar refractivity (Wildman–Crippen MR) is 89.8 cm³/mol. The number of carbonyl (C=O) groups is 2. The molecule has 1 aliphatic heterocycles. The minimum atomic E-state index is -0.314. The molecule has 1 atom stereocenters. The van der Waals surface area contributed by atoms with E-state index >= 15 is 0 Å². The molecule has 1 aromatic carbocycles. The lowest BCUT2D eigenvalue weighted by atomic mass is 10.0. The molecule has 2 amide bonds. The molecule has 6 heteroatoms. The number of benzene rings is 1. The van der Waals surface area contributed by atoms with Gasteiger partial charge in [-0.3, -0.25) is 9.59 Å². The fourth-order valence-corrected chi connectivity index (χ4v) is 3.56. The molecule has 4 nitrogen and oxygen atoms in total. The molecule has 1 aromatic rings. The van der Waals surface area contributed by atoms with E-state index in [-0.39, 0.29) is 23.7 Å². The molecule has 0 bridgehead atoms. The summed E-state index contributed by atoms with van der Waals surface area (Å²) in [7, 11) is 0. The third-order valence-electron chi connectivity index (χ3n) is 3.91. The summed E-state index contributed by atoms with van der Waals surface area (Å²) < 4.78 is 12.8. The van der Waals surface area contributed by atoms with Crippen molar-refractivity contribution in [3.8, 4) is 0 Å². The van der Waals surface area contributed by atoms with Crippen molar-refractivity contribution in [3.63, 3.8) is 0 Å². The highest BCUT2D eigenvalue weighted by molar-refractivity contribution is 7.99. The highest BCUT2D eigenvalue weighted by Gasteiger charge is 2.29. The lowest BCUT2D eigenvalue weighted by Crippen LogP contribution is -2.51. The summed E-state index contributed by atoms with van der Waals surface area (Å²) in [5, 5.41) is 2.93. The van der Waals surface area contributed by atoms with Crippen LogP contribution in [-0.2, 0) is 9.59 Å². The Balaban J connectivity index is 1.67. The van der Waals surface area contributed by atoms with Crippen molar-refractivity contribution in [2.24, 2.45) is 0 Å². The number of nitrogens with zero attached hydrogens (tertiary/aromatic N) is 1. The molecule has 23 heavy (non-hydrogen) atoms. The minimum Gasteiger partial charge on any atom is -0.354 e. The molecule has 1 saturated heterocycles. The van der Waals surface area contributed by atoms with Crippen LogP contribution in [0.4, 0.5) is 4.39 Å². The van der Waals surface area contributed by atoms with Gasteiger partial charge >= 0.3 is 0 Å². The van der Waals surface area contributed by atoms with Crippen molar-refractivity contribution < 1.29 is 14.0 Å². The van der Waals surface area contributed by atoms with Gasteiger partial charge in [-0.15, -0.1) is 11.8 Å². The van der Waals surface area contributed by atoms with Crippen molar-refractivity contribution in [1.29, 1.82) is 0 Å². The van der Waals surface area contributed by atoms with E-state index in [4.69, 9.17) is 0 Å². The van der Waals surface area contributed by atoms with Crippen LogP contribution in [0.25, 0.3) is 0 Å². The Morgan fingerprint density at radius 1 is 1.30 bits per heavy atom. The smallest absolute Gasteiger partial charge is 0.242 e. The van der Waals surface area contributed by atoms with Crippen LogP contribution in [0.5, 0.6) is 0 Å². The average Bonchev–Trinajstić information content (AvgIpc) is 2.56. The number of likely N-dealkylation sites (tertiary alicyclic amines) is 1. The van der Waals surface area contributed by atoms with Gasteiger partial charge in [-0.1, -0.05) is 0 Å². The number of hydrogen-bond donors (Lipinski definition) is 1. The van der Waals surface area contributed by atoms with Crippen LogP contribution < -0.4 is 5.32 Å². The highest BCUT2D eigenvalue weighted by Crippen LogP contribution is 2.19. The van der Waals surface area contributed by atoms with Crippen LogP contribution in [-0.4, -0.2) is 41.6 Å². The number of hydrogen-bond acceptors (Lipinski definition) is 3. The Morgan fingerprint density at radius 3 is 2.74 bits per heavy atom.